The molecular weight excluding hydrogens is 594 g/mol. The van der Waals surface area contributed by atoms with E-state index >= 15 is 0 Å². The fraction of sp³-hybridized carbons (Fsp3) is 0.0833. The van der Waals surface area contributed by atoms with E-state index in [4.69, 9.17) is 27.7 Å². The first kappa shape index (κ1) is 28.4. The van der Waals surface area contributed by atoms with Gasteiger partial charge in [0, 0.05) is 11.3 Å². The van der Waals surface area contributed by atoms with Crippen LogP contribution in [0.1, 0.15) is 21.6 Å². The van der Waals surface area contributed by atoms with Crippen molar-refractivity contribution in [3.63, 3.8) is 0 Å². The van der Waals surface area contributed by atoms with Gasteiger partial charge in [-0.2, -0.15) is 0 Å². The smallest absolute Gasteiger partial charge is 0.264 e. The van der Waals surface area contributed by atoms with Crippen LogP contribution in [0.15, 0.2) is 75.0 Å². The summed E-state index contributed by atoms with van der Waals surface area (Å²) in [5, 5.41) is 5.77. The molecule has 0 saturated carbocycles. The van der Waals surface area contributed by atoms with E-state index in [-0.39, 0.29) is 37.8 Å². The average molecular weight is 613 g/mol. The van der Waals surface area contributed by atoms with Gasteiger partial charge in [0.1, 0.15) is 10.7 Å². The zero-order chi connectivity index (χ0) is 28.5. The highest BCUT2D eigenvalue weighted by molar-refractivity contribution is 7.93. The number of hydrogen-bond acceptors (Lipinski definition) is 7. The third-order valence-corrected chi connectivity index (χ3v) is 8.97. The predicted molar refractivity (Wildman–Crippen MR) is 145 cm³/mol. The highest BCUT2D eigenvalue weighted by atomic mass is 35.5. The predicted octanol–water partition coefficient (Wildman–Crippen LogP) is 5.59. The number of benzene rings is 3. The molecule has 1 amide bonds. The number of aromatic nitrogens is 1. The minimum Gasteiger partial charge on any atom is -0.337 e. The van der Waals surface area contributed by atoms with E-state index in [1.165, 1.54) is 42.5 Å². The molecule has 204 valence electrons. The molecule has 0 aliphatic rings. The van der Waals surface area contributed by atoms with Gasteiger partial charge >= 0.3 is 0 Å². The topological polar surface area (TPSA) is 147 Å². The number of nitrogens with zero attached hydrogens (tertiary/aromatic N) is 1. The Morgan fingerprint density at radius 2 is 1.56 bits per heavy atom. The molecule has 3 aromatic carbocycles. The molecule has 39 heavy (non-hydrogen) atoms. The number of anilines is 3. The number of sulfonamides is 2. The maximum absolute atomic E-state index is 14.0. The van der Waals surface area contributed by atoms with Crippen molar-refractivity contribution in [3.05, 3.63) is 93.3 Å². The Labute approximate surface area is 233 Å². The summed E-state index contributed by atoms with van der Waals surface area (Å²) in [6.45, 7) is 3.32. The maximum atomic E-state index is 14.0. The molecule has 0 aliphatic carbocycles. The largest absolute Gasteiger partial charge is 0.337 e. The molecule has 4 aromatic rings. The van der Waals surface area contributed by atoms with E-state index in [1.54, 1.807) is 13.8 Å². The van der Waals surface area contributed by atoms with E-state index < -0.39 is 36.7 Å². The molecule has 0 atom stereocenters. The molecule has 1 heterocycles. The van der Waals surface area contributed by atoms with Crippen molar-refractivity contribution in [3.8, 4) is 0 Å². The van der Waals surface area contributed by atoms with E-state index in [2.05, 4.69) is 19.9 Å². The number of rotatable bonds is 8. The quantitative estimate of drug-likeness (QED) is 0.235. The lowest BCUT2D eigenvalue weighted by molar-refractivity contribution is 0.102. The molecule has 3 N–H and O–H groups in total. The Bertz CT molecular complexity index is 1790. The lowest BCUT2D eigenvalue weighted by Crippen LogP contribution is -2.17. The Hall–Kier alpha value is -3.65. The van der Waals surface area contributed by atoms with Gasteiger partial charge in [0.25, 0.3) is 26.0 Å². The number of hydrogen-bond donors (Lipinski definition) is 3. The van der Waals surface area contributed by atoms with Crippen molar-refractivity contribution < 1.29 is 30.5 Å². The van der Waals surface area contributed by atoms with Crippen molar-refractivity contribution in [2.45, 2.75) is 23.6 Å². The van der Waals surface area contributed by atoms with Gasteiger partial charge in [0.2, 0.25) is 5.88 Å². The number of halogens is 3. The number of amides is 1. The fourth-order valence-corrected chi connectivity index (χ4v) is 6.23. The van der Waals surface area contributed by atoms with Crippen LogP contribution in [0.2, 0.25) is 10.0 Å². The van der Waals surface area contributed by atoms with Crippen molar-refractivity contribution in [2.24, 2.45) is 0 Å². The number of aryl methyl sites for hydroxylation is 1. The van der Waals surface area contributed by atoms with Crippen LogP contribution in [0.25, 0.3) is 0 Å². The van der Waals surface area contributed by atoms with Crippen LogP contribution in [-0.4, -0.2) is 27.9 Å². The molecule has 0 radical (unpaired) electrons. The van der Waals surface area contributed by atoms with Crippen LogP contribution in [0, 0.1) is 19.7 Å². The fourth-order valence-electron chi connectivity index (χ4n) is 3.26. The Morgan fingerprint density at radius 1 is 0.897 bits per heavy atom. The molecule has 1 aromatic heterocycles. The van der Waals surface area contributed by atoms with Crippen molar-refractivity contribution >= 4 is 66.4 Å². The SMILES string of the molecule is Cc1noc(NS(=O)(=O)c2ccc(NC(=O)c3cc(S(=O)(=O)Nc4ccccc4F)c(Cl)cc3Cl)cc2)c1C. The number of carbonyl (C=O) groups is 1. The first-order chi connectivity index (χ1) is 18.3. The third-order valence-electron chi connectivity index (χ3n) is 5.48. The highest BCUT2D eigenvalue weighted by Crippen LogP contribution is 2.31. The standard InChI is InChI=1S/C24H19Cl2FN4O6S2/c1-13-14(2)29-37-24(13)31-38(33,34)16-9-7-15(8-10-16)28-23(32)17-11-22(19(26)12-18(17)25)39(35,36)30-21-6-4-3-5-20(21)27/h3-12,30-31H,1-2H3,(H,28,32). The Kier molecular flexibility index (Phi) is 7.89. The Balaban J connectivity index is 1.55. The van der Waals surface area contributed by atoms with Gasteiger partial charge < -0.3 is 9.84 Å². The third kappa shape index (κ3) is 6.17. The van der Waals surface area contributed by atoms with Crippen LogP contribution in [0.4, 0.5) is 21.6 Å². The summed E-state index contributed by atoms with van der Waals surface area (Å²) in [5.41, 5.74) is 0.695. The molecule has 0 spiro atoms. The molecule has 0 saturated heterocycles. The second kappa shape index (κ2) is 10.8. The van der Waals surface area contributed by atoms with Crippen LogP contribution in [0.3, 0.4) is 0 Å². The zero-order valence-corrected chi connectivity index (χ0v) is 23.3. The summed E-state index contributed by atoms with van der Waals surface area (Å²) in [4.78, 5) is 12.3. The second-order valence-electron chi connectivity index (χ2n) is 8.15. The van der Waals surface area contributed by atoms with Crippen LogP contribution in [-0.2, 0) is 20.0 Å². The summed E-state index contributed by atoms with van der Waals surface area (Å²) in [6.07, 6.45) is 0. The monoisotopic (exact) mass is 612 g/mol. The van der Waals surface area contributed by atoms with Gasteiger partial charge in [-0.25, -0.2) is 25.9 Å². The molecule has 0 fully saturated rings. The normalized spacial score (nSPS) is 11.7. The summed E-state index contributed by atoms with van der Waals surface area (Å²) in [6, 6.07) is 12.3. The van der Waals surface area contributed by atoms with Gasteiger partial charge in [-0.3, -0.25) is 9.52 Å². The average Bonchev–Trinajstić information content (AvgIpc) is 3.17. The highest BCUT2D eigenvalue weighted by Gasteiger charge is 2.24. The van der Waals surface area contributed by atoms with Crippen molar-refractivity contribution in [2.75, 3.05) is 14.8 Å². The lowest BCUT2D eigenvalue weighted by atomic mass is 10.2. The van der Waals surface area contributed by atoms with Crippen molar-refractivity contribution in [1.29, 1.82) is 0 Å². The van der Waals surface area contributed by atoms with Gasteiger partial charge in [0.05, 0.1) is 31.9 Å². The summed E-state index contributed by atoms with van der Waals surface area (Å²) >= 11 is 12.2. The summed E-state index contributed by atoms with van der Waals surface area (Å²) < 4.78 is 74.5. The lowest BCUT2D eigenvalue weighted by Gasteiger charge is -2.13. The summed E-state index contributed by atoms with van der Waals surface area (Å²) in [7, 11) is -8.42. The van der Waals surface area contributed by atoms with E-state index in [9.17, 15) is 26.0 Å². The number of para-hydroxylation sites is 1. The molecule has 0 bridgehead atoms. The molecule has 10 nitrogen and oxygen atoms in total. The molecule has 0 aliphatic heterocycles. The van der Waals surface area contributed by atoms with Gasteiger partial charge in [-0.05, 0) is 62.4 Å². The van der Waals surface area contributed by atoms with Crippen LogP contribution >= 0.6 is 23.2 Å². The minimum atomic E-state index is -4.41. The maximum Gasteiger partial charge on any atom is 0.264 e. The molecule has 15 heteroatoms. The van der Waals surface area contributed by atoms with Crippen LogP contribution in [0.5, 0.6) is 0 Å². The minimum absolute atomic E-state index is 0.0162. The van der Waals surface area contributed by atoms with Gasteiger partial charge in [-0.15, -0.1) is 0 Å². The number of carbonyl (C=O) groups excluding carboxylic acids is 1. The van der Waals surface area contributed by atoms with E-state index in [0.717, 1.165) is 18.2 Å². The summed E-state index contributed by atoms with van der Waals surface area (Å²) in [5.74, 6) is -1.63. The molecular formula is C24H19Cl2FN4O6S2. The first-order valence-corrected chi connectivity index (χ1v) is 14.6. The zero-order valence-electron chi connectivity index (χ0n) is 20.1. The van der Waals surface area contributed by atoms with Crippen molar-refractivity contribution in [1.82, 2.24) is 5.16 Å². The van der Waals surface area contributed by atoms with Gasteiger partial charge in [0.15, 0.2) is 0 Å². The van der Waals surface area contributed by atoms with Crippen LogP contribution < -0.4 is 14.8 Å². The number of nitrogens with one attached hydrogen (secondary N) is 3. The second-order valence-corrected chi connectivity index (χ2v) is 12.3. The molecule has 0 unspecified atom stereocenters. The van der Waals surface area contributed by atoms with Gasteiger partial charge in [-0.1, -0.05) is 40.5 Å². The van der Waals surface area contributed by atoms with E-state index in [1.807, 2.05) is 0 Å². The van der Waals surface area contributed by atoms with E-state index in [0.29, 0.717) is 11.3 Å². The first-order valence-electron chi connectivity index (χ1n) is 10.9. The Morgan fingerprint density at radius 3 is 2.18 bits per heavy atom. The molecule has 4 rings (SSSR count).